The van der Waals surface area contributed by atoms with Gasteiger partial charge in [-0.05, 0) is 65.9 Å². The molecule has 2 aromatic carbocycles. The first-order valence-corrected chi connectivity index (χ1v) is 12.0. The number of aryl methyl sites for hydroxylation is 1. The molecule has 196 valence electrons. The summed E-state index contributed by atoms with van der Waals surface area (Å²) in [6, 6.07) is 10.7. The van der Waals surface area contributed by atoms with Gasteiger partial charge in [0.25, 0.3) is 0 Å². The van der Waals surface area contributed by atoms with Gasteiger partial charge in [0.05, 0.1) is 28.0 Å². The summed E-state index contributed by atoms with van der Waals surface area (Å²) in [6.45, 7) is 3.01. The standard InChI is InChI=1S/C25H24ClFN8O3/c1-2-34-12-11-18(31-34)13-19(14-28-17-5-3-16(4-6-17)25(37)38)30-23(36)10-7-20-22(35-15-29-32-33-35)9-8-21(26)24(20)27/h3-12,15,19,28H,2,13-14H2,1H3,(H,30,36)(H,37,38)/b10-7+. The van der Waals surface area contributed by atoms with Gasteiger partial charge in [0, 0.05) is 43.0 Å². The van der Waals surface area contributed by atoms with Gasteiger partial charge in [0.2, 0.25) is 5.91 Å². The summed E-state index contributed by atoms with van der Waals surface area (Å²) in [4.78, 5) is 24.0. The molecule has 4 rings (SSSR count). The molecule has 0 aliphatic carbocycles. The van der Waals surface area contributed by atoms with Crippen LogP contribution in [0.4, 0.5) is 10.1 Å². The van der Waals surface area contributed by atoms with Crippen LogP contribution in [0.15, 0.2) is 61.1 Å². The number of halogens is 2. The lowest BCUT2D eigenvalue weighted by molar-refractivity contribution is -0.117. The number of carbonyl (C=O) groups is 2. The molecular weight excluding hydrogens is 515 g/mol. The number of carboxylic acids is 1. The summed E-state index contributed by atoms with van der Waals surface area (Å²) in [5, 5.41) is 30.5. The first kappa shape index (κ1) is 26.5. The molecule has 0 saturated heterocycles. The van der Waals surface area contributed by atoms with E-state index in [0.717, 1.165) is 5.69 Å². The van der Waals surface area contributed by atoms with E-state index in [4.69, 9.17) is 16.7 Å². The van der Waals surface area contributed by atoms with Crippen LogP contribution >= 0.6 is 11.6 Å². The molecule has 1 amide bonds. The normalized spacial score (nSPS) is 12.0. The fourth-order valence-corrected chi connectivity index (χ4v) is 3.85. The van der Waals surface area contributed by atoms with Gasteiger partial charge in [-0.2, -0.15) is 9.78 Å². The zero-order chi connectivity index (χ0) is 27.1. The predicted molar refractivity (Wildman–Crippen MR) is 139 cm³/mol. The van der Waals surface area contributed by atoms with Gasteiger partial charge in [-0.1, -0.05) is 11.6 Å². The van der Waals surface area contributed by atoms with E-state index in [1.54, 1.807) is 22.9 Å². The maximum Gasteiger partial charge on any atom is 0.335 e. The van der Waals surface area contributed by atoms with Crippen molar-refractivity contribution in [3.8, 4) is 5.69 Å². The van der Waals surface area contributed by atoms with Gasteiger partial charge in [0.1, 0.15) is 6.33 Å². The molecule has 13 heteroatoms. The monoisotopic (exact) mass is 538 g/mol. The van der Waals surface area contributed by atoms with Crippen molar-refractivity contribution < 1.29 is 19.1 Å². The number of rotatable bonds is 11. The number of tetrazole rings is 1. The van der Waals surface area contributed by atoms with Crippen molar-refractivity contribution >= 4 is 35.2 Å². The number of amides is 1. The van der Waals surface area contributed by atoms with Crippen LogP contribution in [0.25, 0.3) is 11.8 Å². The lowest BCUT2D eigenvalue weighted by atomic mass is 10.1. The molecule has 3 N–H and O–H groups in total. The van der Waals surface area contributed by atoms with Crippen LogP contribution in [0, 0.1) is 5.82 Å². The van der Waals surface area contributed by atoms with Crippen molar-refractivity contribution in [2.75, 3.05) is 11.9 Å². The fraction of sp³-hybridized carbons (Fsp3) is 0.200. The number of carboxylic acid groups (broad SMARTS) is 1. The second kappa shape index (κ2) is 12.1. The van der Waals surface area contributed by atoms with E-state index in [-0.39, 0.29) is 16.1 Å². The number of nitrogens with one attached hydrogen (secondary N) is 2. The predicted octanol–water partition coefficient (Wildman–Crippen LogP) is 3.22. The number of carbonyl (C=O) groups excluding carboxylic acids is 1. The van der Waals surface area contributed by atoms with E-state index < -0.39 is 23.7 Å². The van der Waals surface area contributed by atoms with Crippen LogP contribution in [0.3, 0.4) is 0 Å². The fourth-order valence-electron chi connectivity index (χ4n) is 3.68. The average molecular weight is 539 g/mol. The number of hydrogen-bond acceptors (Lipinski definition) is 7. The van der Waals surface area contributed by atoms with Gasteiger partial charge >= 0.3 is 5.97 Å². The molecule has 0 spiro atoms. The highest BCUT2D eigenvalue weighted by atomic mass is 35.5. The molecular formula is C25H24ClFN8O3. The minimum absolute atomic E-state index is 0.0508. The Balaban J connectivity index is 1.50. The van der Waals surface area contributed by atoms with E-state index in [0.29, 0.717) is 30.9 Å². The molecule has 38 heavy (non-hydrogen) atoms. The summed E-state index contributed by atoms with van der Waals surface area (Å²) in [5.74, 6) is -2.19. The smallest absolute Gasteiger partial charge is 0.335 e. The largest absolute Gasteiger partial charge is 0.478 e. The van der Waals surface area contributed by atoms with Gasteiger partial charge in [0.15, 0.2) is 5.82 Å². The van der Waals surface area contributed by atoms with E-state index in [1.165, 1.54) is 41.4 Å². The van der Waals surface area contributed by atoms with Crippen LogP contribution < -0.4 is 10.6 Å². The summed E-state index contributed by atoms with van der Waals surface area (Å²) < 4.78 is 17.9. The Kier molecular flexibility index (Phi) is 8.44. The maximum absolute atomic E-state index is 14.8. The number of nitrogens with zero attached hydrogens (tertiary/aromatic N) is 6. The number of aromatic carboxylic acids is 1. The number of hydrogen-bond donors (Lipinski definition) is 3. The number of anilines is 1. The lowest BCUT2D eigenvalue weighted by Gasteiger charge is -2.19. The number of aromatic nitrogens is 6. The highest BCUT2D eigenvalue weighted by molar-refractivity contribution is 6.31. The molecule has 0 aliphatic rings. The molecule has 0 aliphatic heterocycles. The molecule has 1 unspecified atom stereocenters. The van der Waals surface area contributed by atoms with Crippen LogP contribution in [0.1, 0.15) is 28.5 Å². The van der Waals surface area contributed by atoms with E-state index in [9.17, 15) is 14.0 Å². The van der Waals surface area contributed by atoms with Crippen molar-refractivity contribution in [1.29, 1.82) is 0 Å². The van der Waals surface area contributed by atoms with Crippen molar-refractivity contribution in [3.63, 3.8) is 0 Å². The molecule has 11 nitrogen and oxygen atoms in total. The summed E-state index contributed by atoms with van der Waals surface area (Å²) >= 11 is 5.96. The molecule has 2 heterocycles. The van der Waals surface area contributed by atoms with Crippen molar-refractivity contribution in [2.45, 2.75) is 25.9 Å². The van der Waals surface area contributed by atoms with Crippen LogP contribution in [-0.2, 0) is 17.8 Å². The Bertz CT molecular complexity index is 1440. The molecule has 0 bridgehead atoms. The van der Waals surface area contributed by atoms with Crippen LogP contribution in [0.2, 0.25) is 5.02 Å². The Morgan fingerprint density at radius 1 is 1.18 bits per heavy atom. The Morgan fingerprint density at radius 3 is 2.63 bits per heavy atom. The first-order valence-electron chi connectivity index (χ1n) is 11.6. The van der Waals surface area contributed by atoms with Gasteiger partial charge < -0.3 is 15.7 Å². The van der Waals surface area contributed by atoms with Crippen LogP contribution in [0.5, 0.6) is 0 Å². The third kappa shape index (κ3) is 6.59. The summed E-state index contributed by atoms with van der Waals surface area (Å²) in [6.07, 6.45) is 6.11. The van der Waals surface area contributed by atoms with Gasteiger partial charge in [-0.3, -0.25) is 9.48 Å². The topological polar surface area (TPSA) is 140 Å². The second-order valence-electron chi connectivity index (χ2n) is 8.22. The van der Waals surface area contributed by atoms with Crippen molar-refractivity contribution in [1.82, 2.24) is 35.3 Å². The molecule has 2 aromatic heterocycles. The van der Waals surface area contributed by atoms with E-state index in [2.05, 4.69) is 31.3 Å². The van der Waals surface area contributed by atoms with Gasteiger partial charge in [-0.15, -0.1) is 5.10 Å². The molecule has 4 aromatic rings. The third-order valence-corrected chi connectivity index (χ3v) is 5.90. The van der Waals surface area contributed by atoms with Gasteiger partial charge in [-0.25, -0.2) is 9.18 Å². The van der Waals surface area contributed by atoms with Crippen LogP contribution in [-0.4, -0.2) is 59.6 Å². The minimum Gasteiger partial charge on any atom is -0.478 e. The maximum atomic E-state index is 14.8. The first-order chi connectivity index (χ1) is 18.3. The Labute approximate surface area is 221 Å². The van der Waals surface area contributed by atoms with Crippen molar-refractivity contribution in [2.24, 2.45) is 0 Å². The Morgan fingerprint density at radius 2 is 1.97 bits per heavy atom. The highest BCUT2D eigenvalue weighted by Crippen LogP contribution is 2.25. The van der Waals surface area contributed by atoms with E-state index in [1.807, 2.05) is 19.2 Å². The third-order valence-electron chi connectivity index (χ3n) is 5.61. The zero-order valence-corrected chi connectivity index (χ0v) is 21.0. The Hall–Kier alpha value is -4.58. The lowest BCUT2D eigenvalue weighted by Crippen LogP contribution is -2.40. The SMILES string of the molecule is CCn1ccc(CC(CNc2ccc(C(=O)O)cc2)NC(=O)/C=C/c2c(-n3cnnn3)ccc(Cl)c2F)n1. The minimum atomic E-state index is -1.01. The quantitative estimate of drug-likeness (QED) is 0.247. The molecule has 0 radical (unpaired) electrons. The summed E-state index contributed by atoms with van der Waals surface area (Å²) in [7, 11) is 0. The second-order valence-corrected chi connectivity index (χ2v) is 8.62. The number of benzene rings is 2. The zero-order valence-electron chi connectivity index (χ0n) is 20.3. The summed E-state index contributed by atoms with van der Waals surface area (Å²) in [5.41, 5.74) is 2.01. The van der Waals surface area contributed by atoms with E-state index >= 15 is 0 Å². The molecule has 1 atom stereocenters. The average Bonchev–Trinajstić information content (AvgIpc) is 3.61. The highest BCUT2D eigenvalue weighted by Gasteiger charge is 2.16. The van der Waals surface area contributed by atoms with Crippen molar-refractivity contribution in [3.05, 3.63) is 88.7 Å². The molecule has 0 fully saturated rings. The molecule has 0 saturated carbocycles.